The van der Waals surface area contributed by atoms with Gasteiger partial charge in [-0.1, -0.05) is 0 Å². The van der Waals surface area contributed by atoms with Crippen molar-refractivity contribution in [2.45, 2.75) is 13.3 Å². The Kier molecular flexibility index (Phi) is 3.22. The number of hydrogen-bond acceptors (Lipinski definition) is 3. The molecular weight excluding hydrogens is 218 g/mol. The highest BCUT2D eigenvalue weighted by molar-refractivity contribution is 5.94. The van der Waals surface area contributed by atoms with Gasteiger partial charge >= 0.3 is 0 Å². The summed E-state index contributed by atoms with van der Waals surface area (Å²) in [5.74, 6) is -0.0879. The molecular formula is C11H15N5O. The van der Waals surface area contributed by atoms with Gasteiger partial charge in [-0.3, -0.25) is 9.48 Å². The topological polar surface area (TPSA) is 75.6 Å². The molecule has 2 aromatic rings. The van der Waals surface area contributed by atoms with Gasteiger partial charge in [0, 0.05) is 37.6 Å². The zero-order chi connectivity index (χ0) is 12.3. The number of nitrogens with one attached hydrogen (secondary N) is 2. The molecule has 0 fully saturated rings. The minimum atomic E-state index is -0.0879. The minimum absolute atomic E-state index is 0.0879. The van der Waals surface area contributed by atoms with E-state index in [2.05, 4.69) is 20.4 Å². The monoisotopic (exact) mass is 233 g/mol. The molecule has 0 bridgehead atoms. The Morgan fingerprint density at radius 3 is 2.94 bits per heavy atom. The predicted octanol–water partition coefficient (Wildman–Crippen LogP) is 0.424. The third kappa shape index (κ3) is 2.52. The van der Waals surface area contributed by atoms with Crippen LogP contribution in [0.2, 0.25) is 0 Å². The summed E-state index contributed by atoms with van der Waals surface area (Å²) in [5.41, 5.74) is 2.49. The first-order valence-corrected chi connectivity index (χ1v) is 5.42. The minimum Gasteiger partial charge on any atom is -0.352 e. The van der Waals surface area contributed by atoms with E-state index in [1.807, 2.05) is 14.0 Å². The van der Waals surface area contributed by atoms with Crippen molar-refractivity contribution in [3.05, 3.63) is 35.7 Å². The number of imidazole rings is 1. The summed E-state index contributed by atoms with van der Waals surface area (Å²) >= 11 is 0. The Bertz CT molecular complexity index is 500. The van der Waals surface area contributed by atoms with Gasteiger partial charge in [0.25, 0.3) is 5.91 Å². The molecule has 6 nitrogen and oxygen atoms in total. The lowest BCUT2D eigenvalue weighted by atomic mass is 10.2. The molecule has 2 rings (SSSR count). The van der Waals surface area contributed by atoms with Crippen LogP contribution in [-0.2, 0) is 13.5 Å². The fraction of sp³-hybridized carbons (Fsp3) is 0.364. The van der Waals surface area contributed by atoms with E-state index in [9.17, 15) is 4.79 Å². The summed E-state index contributed by atoms with van der Waals surface area (Å²) in [7, 11) is 1.82. The van der Waals surface area contributed by atoms with E-state index >= 15 is 0 Å². The highest BCUT2D eigenvalue weighted by Gasteiger charge is 2.11. The molecule has 1 amide bonds. The van der Waals surface area contributed by atoms with Crippen LogP contribution in [0.1, 0.15) is 21.7 Å². The Morgan fingerprint density at radius 1 is 1.53 bits per heavy atom. The molecule has 17 heavy (non-hydrogen) atoms. The van der Waals surface area contributed by atoms with Gasteiger partial charge in [-0.2, -0.15) is 5.10 Å². The van der Waals surface area contributed by atoms with E-state index in [1.165, 1.54) is 0 Å². The SMILES string of the molecule is Cc1c(C(=O)NCCc2cnc[nH]2)cnn1C. The Morgan fingerprint density at radius 2 is 2.35 bits per heavy atom. The number of aromatic amines is 1. The van der Waals surface area contributed by atoms with Crippen molar-refractivity contribution in [1.29, 1.82) is 0 Å². The van der Waals surface area contributed by atoms with E-state index in [-0.39, 0.29) is 5.91 Å². The number of hydrogen-bond donors (Lipinski definition) is 2. The van der Waals surface area contributed by atoms with Crippen LogP contribution in [0.15, 0.2) is 18.7 Å². The number of aryl methyl sites for hydroxylation is 1. The zero-order valence-electron chi connectivity index (χ0n) is 9.90. The van der Waals surface area contributed by atoms with Crippen LogP contribution in [0.3, 0.4) is 0 Å². The molecule has 0 aliphatic heterocycles. The number of amides is 1. The van der Waals surface area contributed by atoms with E-state index in [1.54, 1.807) is 23.4 Å². The molecule has 0 aromatic carbocycles. The van der Waals surface area contributed by atoms with Crippen molar-refractivity contribution in [3.63, 3.8) is 0 Å². The third-order valence-corrected chi connectivity index (χ3v) is 2.71. The number of nitrogens with zero attached hydrogens (tertiary/aromatic N) is 3. The normalized spacial score (nSPS) is 10.5. The van der Waals surface area contributed by atoms with E-state index in [4.69, 9.17) is 0 Å². The molecule has 0 saturated carbocycles. The molecule has 0 unspecified atom stereocenters. The van der Waals surface area contributed by atoms with Gasteiger partial charge in [-0.05, 0) is 6.92 Å². The van der Waals surface area contributed by atoms with Crippen molar-refractivity contribution in [1.82, 2.24) is 25.1 Å². The van der Waals surface area contributed by atoms with E-state index in [0.29, 0.717) is 12.1 Å². The largest absolute Gasteiger partial charge is 0.352 e. The second kappa shape index (κ2) is 4.82. The predicted molar refractivity (Wildman–Crippen MR) is 62.6 cm³/mol. The van der Waals surface area contributed by atoms with Crippen LogP contribution in [0.4, 0.5) is 0 Å². The molecule has 0 saturated heterocycles. The molecule has 0 aliphatic carbocycles. The fourth-order valence-electron chi connectivity index (χ4n) is 1.55. The molecule has 90 valence electrons. The quantitative estimate of drug-likeness (QED) is 0.803. The van der Waals surface area contributed by atoms with Crippen LogP contribution in [-0.4, -0.2) is 32.2 Å². The molecule has 0 radical (unpaired) electrons. The van der Waals surface area contributed by atoms with Crippen LogP contribution in [0.5, 0.6) is 0 Å². The maximum absolute atomic E-state index is 11.8. The average Bonchev–Trinajstić information content (AvgIpc) is 2.91. The van der Waals surface area contributed by atoms with Crippen LogP contribution >= 0.6 is 0 Å². The zero-order valence-corrected chi connectivity index (χ0v) is 9.90. The van der Waals surface area contributed by atoms with Crippen molar-refractivity contribution < 1.29 is 4.79 Å². The molecule has 6 heteroatoms. The maximum atomic E-state index is 11.8. The van der Waals surface area contributed by atoms with Crippen molar-refractivity contribution >= 4 is 5.91 Å². The van der Waals surface area contributed by atoms with Gasteiger partial charge in [-0.15, -0.1) is 0 Å². The average molecular weight is 233 g/mol. The van der Waals surface area contributed by atoms with Crippen LogP contribution in [0, 0.1) is 6.92 Å². The van der Waals surface area contributed by atoms with E-state index < -0.39 is 0 Å². The fourth-order valence-corrected chi connectivity index (χ4v) is 1.55. The van der Waals surface area contributed by atoms with Crippen molar-refractivity contribution in [2.75, 3.05) is 6.54 Å². The summed E-state index contributed by atoms with van der Waals surface area (Å²) in [6, 6.07) is 0. The first kappa shape index (κ1) is 11.4. The van der Waals surface area contributed by atoms with Gasteiger partial charge in [0.15, 0.2) is 0 Å². The molecule has 2 aromatic heterocycles. The number of rotatable bonds is 4. The lowest BCUT2D eigenvalue weighted by molar-refractivity contribution is 0.0953. The van der Waals surface area contributed by atoms with Gasteiger partial charge in [0.05, 0.1) is 18.1 Å². The Labute approximate surface area is 99.1 Å². The van der Waals surface area contributed by atoms with Crippen LogP contribution < -0.4 is 5.32 Å². The number of H-pyrrole nitrogens is 1. The van der Waals surface area contributed by atoms with Crippen LogP contribution in [0.25, 0.3) is 0 Å². The Balaban J connectivity index is 1.87. The number of carbonyl (C=O) groups is 1. The molecule has 0 aliphatic rings. The third-order valence-electron chi connectivity index (χ3n) is 2.71. The number of carbonyl (C=O) groups excluding carboxylic acids is 1. The highest BCUT2D eigenvalue weighted by atomic mass is 16.1. The van der Waals surface area contributed by atoms with Gasteiger partial charge < -0.3 is 10.3 Å². The summed E-state index contributed by atoms with van der Waals surface area (Å²) in [6.45, 7) is 2.45. The van der Waals surface area contributed by atoms with Crippen molar-refractivity contribution in [3.8, 4) is 0 Å². The van der Waals surface area contributed by atoms with Gasteiger partial charge in [0.1, 0.15) is 0 Å². The highest BCUT2D eigenvalue weighted by Crippen LogP contribution is 2.04. The van der Waals surface area contributed by atoms with Gasteiger partial charge in [0.2, 0.25) is 0 Å². The lowest BCUT2D eigenvalue weighted by Gasteiger charge is -2.03. The summed E-state index contributed by atoms with van der Waals surface area (Å²) in [4.78, 5) is 18.7. The molecule has 0 spiro atoms. The first-order valence-electron chi connectivity index (χ1n) is 5.42. The lowest BCUT2D eigenvalue weighted by Crippen LogP contribution is -2.26. The first-order chi connectivity index (χ1) is 8.18. The van der Waals surface area contributed by atoms with Gasteiger partial charge in [-0.25, -0.2) is 4.98 Å². The Hall–Kier alpha value is -2.11. The standard InChI is InChI=1S/C11H15N5O/c1-8-10(6-15-16(8)2)11(17)13-4-3-9-5-12-7-14-9/h5-7H,3-4H2,1-2H3,(H,12,14)(H,13,17). The molecule has 0 atom stereocenters. The summed E-state index contributed by atoms with van der Waals surface area (Å²) < 4.78 is 1.68. The maximum Gasteiger partial charge on any atom is 0.254 e. The van der Waals surface area contributed by atoms with E-state index in [0.717, 1.165) is 17.8 Å². The molecule has 2 heterocycles. The second-order valence-electron chi connectivity index (χ2n) is 3.85. The van der Waals surface area contributed by atoms with Crippen molar-refractivity contribution in [2.24, 2.45) is 7.05 Å². The second-order valence-corrected chi connectivity index (χ2v) is 3.85. The number of aromatic nitrogens is 4. The summed E-state index contributed by atoms with van der Waals surface area (Å²) in [5, 5.41) is 6.89. The molecule has 2 N–H and O–H groups in total. The summed E-state index contributed by atoms with van der Waals surface area (Å²) in [6.07, 6.45) is 5.70. The smallest absolute Gasteiger partial charge is 0.254 e.